The van der Waals surface area contributed by atoms with E-state index < -0.39 is 47.4 Å². The van der Waals surface area contributed by atoms with Crippen LogP contribution in [0.25, 0.3) is 10.9 Å². The van der Waals surface area contributed by atoms with E-state index >= 15 is 0 Å². The summed E-state index contributed by atoms with van der Waals surface area (Å²) >= 11 is 18.9. The van der Waals surface area contributed by atoms with Gasteiger partial charge in [-0.2, -0.15) is 0 Å². The second kappa shape index (κ2) is 14.3. The van der Waals surface area contributed by atoms with Crippen molar-refractivity contribution in [1.29, 1.82) is 0 Å². The van der Waals surface area contributed by atoms with E-state index in [1.54, 1.807) is 57.2 Å². The van der Waals surface area contributed by atoms with Gasteiger partial charge in [0.15, 0.2) is 0 Å². The number of alkyl halides is 1. The number of fused-ring (bicyclic) bond motifs is 3. The van der Waals surface area contributed by atoms with Gasteiger partial charge in [0.25, 0.3) is 0 Å². The second-order valence-corrected chi connectivity index (χ2v) is 13.3. The van der Waals surface area contributed by atoms with Gasteiger partial charge in [0.05, 0.1) is 10.5 Å². The van der Waals surface area contributed by atoms with E-state index in [4.69, 9.17) is 40.5 Å². The largest absolute Gasteiger partial charge is 0.465 e. The number of carboxylic acid groups (broad SMARTS) is 1. The molecule has 4 rings (SSSR count). The maximum Gasteiger partial charge on any atom is 0.408 e. The first-order chi connectivity index (χ1) is 21.3. The van der Waals surface area contributed by atoms with Crippen LogP contribution >= 0.6 is 34.8 Å². The molecule has 1 heterocycles. The standard InChI is InChI=1S/C32H38Cl3N5O5/c1-17(2)25(28(36)41)38-30(43)32(11-9-24-22(15-32)21-13-20(34)14-23(35)26(21)37-24)39-29(42)27(18(3)10-12-33)40(31(44)45)16-19-7-5-4-6-8-19/h4-8,13-14,17-18,25,27,37H,9-12,15-16H2,1-3H3,(H2,36,41)(H,38,43)(H,39,42)(H,44,45)/t18-,25-,27?,32+/m0/s1. The number of hydrogen-bond acceptors (Lipinski definition) is 4. The van der Waals surface area contributed by atoms with E-state index in [-0.39, 0.29) is 31.2 Å². The van der Waals surface area contributed by atoms with Crippen molar-refractivity contribution in [3.63, 3.8) is 0 Å². The van der Waals surface area contributed by atoms with Gasteiger partial charge in [-0.25, -0.2) is 4.79 Å². The number of rotatable bonds is 12. The van der Waals surface area contributed by atoms with Crippen LogP contribution in [-0.4, -0.2) is 62.3 Å². The third-order valence-electron chi connectivity index (χ3n) is 8.51. The van der Waals surface area contributed by atoms with Crippen LogP contribution in [0.2, 0.25) is 10.0 Å². The van der Waals surface area contributed by atoms with E-state index in [0.717, 1.165) is 16.2 Å². The summed E-state index contributed by atoms with van der Waals surface area (Å²) in [6.45, 7) is 5.20. The topological polar surface area (TPSA) is 158 Å². The molecule has 1 aliphatic carbocycles. The van der Waals surface area contributed by atoms with E-state index in [0.29, 0.717) is 39.4 Å². The molecule has 3 aromatic rings. The molecule has 10 nitrogen and oxygen atoms in total. The normalized spacial score (nSPS) is 18.1. The SMILES string of the molecule is CC(C)[C@H](NC(=O)[C@@]1(NC(=O)C([C@@H](C)CCCl)N(Cc2ccccc2)C(=O)O)CCc2[nH]c3c(Cl)cc(Cl)cc3c2C1)C(N)=O. The van der Waals surface area contributed by atoms with Gasteiger partial charge in [-0.1, -0.05) is 74.3 Å². The van der Waals surface area contributed by atoms with Gasteiger partial charge in [0, 0.05) is 34.9 Å². The van der Waals surface area contributed by atoms with Crippen LogP contribution in [-0.2, 0) is 33.8 Å². The van der Waals surface area contributed by atoms with Crippen molar-refractivity contribution in [2.75, 3.05) is 5.88 Å². The highest BCUT2D eigenvalue weighted by Gasteiger charge is 2.47. The highest BCUT2D eigenvalue weighted by molar-refractivity contribution is 6.38. The molecule has 0 spiro atoms. The molecule has 2 aromatic carbocycles. The number of primary amides is 1. The van der Waals surface area contributed by atoms with E-state index in [9.17, 15) is 24.3 Å². The van der Waals surface area contributed by atoms with Crippen LogP contribution in [0, 0.1) is 11.8 Å². The number of nitrogens with zero attached hydrogens (tertiary/aromatic N) is 1. The summed E-state index contributed by atoms with van der Waals surface area (Å²) in [5.41, 5.74) is 6.99. The summed E-state index contributed by atoms with van der Waals surface area (Å²) in [6.07, 6.45) is -0.412. The highest BCUT2D eigenvalue weighted by Crippen LogP contribution is 2.38. The van der Waals surface area contributed by atoms with Gasteiger partial charge in [-0.15, -0.1) is 11.6 Å². The number of aryl methyl sites for hydroxylation is 1. The molecule has 0 saturated heterocycles. The predicted octanol–water partition coefficient (Wildman–Crippen LogP) is 5.26. The molecule has 1 aliphatic rings. The summed E-state index contributed by atoms with van der Waals surface area (Å²) in [5.74, 6) is -2.59. The summed E-state index contributed by atoms with van der Waals surface area (Å²) < 4.78 is 0. The number of halogens is 3. The molecule has 6 N–H and O–H groups in total. The van der Waals surface area contributed by atoms with Crippen LogP contribution in [0.15, 0.2) is 42.5 Å². The van der Waals surface area contributed by atoms with Crippen LogP contribution in [0.3, 0.4) is 0 Å². The number of carbonyl (C=O) groups excluding carboxylic acids is 3. The van der Waals surface area contributed by atoms with Crippen molar-refractivity contribution in [2.45, 2.75) is 70.6 Å². The number of benzene rings is 2. The number of H-pyrrole nitrogens is 1. The molecule has 13 heteroatoms. The van der Waals surface area contributed by atoms with Crippen LogP contribution in [0.1, 0.15) is 50.4 Å². The Morgan fingerprint density at radius 2 is 1.80 bits per heavy atom. The Kier molecular flexibility index (Phi) is 10.9. The zero-order chi connectivity index (χ0) is 33.1. The molecule has 0 bridgehead atoms. The summed E-state index contributed by atoms with van der Waals surface area (Å²) in [7, 11) is 0. The number of aromatic amines is 1. The number of amides is 4. The quantitative estimate of drug-likeness (QED) is 0.165. The first-order valence-electron chi connectivity index (χ1n) is 14.8. The molecule has 45 heavy (non-hydrogen) atoms. The first-order valence-corrected chi connectivity index (χ1v) is 16.1. The molecule has 4 amide bonds. The van der Waals surface area contributed by atoms with E-state index in [1.807, 2.05) is 6.07 Å². The van der Waals surface area contributed by atoms with Gasteiger partial charge in [0.2, 0.25) is 17.7 Å². The second-order valence-electron chi connectivity index (χ2n) is 12.0. The molecular weight excluding hydrogens is 641 g/mol. The minimum absolute atomic E-state index is 0.0303. The Morgan fingerprint density at radius 3 is 2.40 bits per heavy atom. The Morgan fingerprint density at radius 1 is 1.11 bits per heavy atom. The van der Waals surface area contributed by atoms with Crippen molar-refractivity contribution in [2.24, 2.45) is 17.6 Å². The van der Waals surface area contributed by atoms with Crippen molar-refractivity contribution in [3.8, 4) is 0 Å². The Bertz CT molecular complexity index is 1580. The molecule has 1 aromatic heterocycles. The predicted molar refractivity (Wildman–Crippen MR) is 175 cm³/mol. The average Bonchev–Trinajstić information content (AvgIpc) is 3.33. The number of nitrogens with one attached hydrogen (secondary N) is 3. The maximum absolute atomic E-state index is 14.4. The third kappa shape index (κ3) is 7.51. The lowest BCUT2D eigenvalue weighted by Crippen LogP contribution is -2.67. The molecule has 0 fully saturated rings. The molecular formula is C32H38Cl3N5O5. The molecule has 4 atom stereocenters. The number of nitrogens with two attached hydrogens (primary N) is 1. The van der Waals surface area contributed by atoms with E-state index in [1.165, 1.54) is 0 Å². The highest BCUT2D eigenvalue weighted by atomic mass is 35.5. The minimum Gasteiger partial charge on any atom is -0.465 e. The number of hydrogen-bond donors (Lipinski definition) is 5. The third-order valence-corrected chi connectivity index (χ3v) is 9.24. The summed E-state index contributed by atoms with van der Waals surface area (Å²) in [6, 6.07) is 10.1. The fourth-order valence-electron chi connectivity index (χ4n) is 6.09. The van der Waals surface area contributed by atoms with Gasteiger partial charge in [0.1, 0.15) is 17.6 Å². The van der Waals surface area contributed by atoms with Gasteiger partial charge in [-0.3, -0.25) is 19.3 Å². The Hall–Kier alpha value is -3.47. The summed E-state index contributed by atoms with van der Waals surface area (Å²) in [5, 5.41) is 17.6. The van der Waals surface area contributed by atoms with Crippen LogP contribution in [0.5, 0.6) is 0 Å². The van der Waals surface area contributed by atoms with Gasteiger partial charge in [-0.05, 0) is 54.4 Å². The average molecular weight is 679 g/mol. The molecule has 0 radical (unpaired) electrons. The zero-order valence-electron chi connectivity index (χ0n) is 25.3. The fraction of sp³-hybridized carbons (Fsp3) is 0.438. The Labute approximate surface area is 276 Å². The van der Waals surface area contributed by atoms with E-state index in [2.05, 4.69) is 15.6 Å². The number of aromatic nitrogens is 1. The zero-order valence-corrected chi connectivity index (χ0v) is 27.6. The van der Waals surface area contributed by atoms with Crippen molar-refractivity contribution in [3.05, 3.63) is 69.3 Å². The lowest BCUT2D eigenvalue weighted by atomic mass is 9.78. The monoisotopic (exact) mass is 677 g/mol. The smallest absolute Gasteiger partial charge is 0.408 e. The van der Waals surface area contributed by atoms with Crippen LogP contribution in [0.4, 0.5) is 4.79 Å². The van der Waals surface area contributed by atoms with Crippen LogP contribution < -0.4 is 16.4 Å². The first kappa shape index (κ1) is 34.4. The maximum atomic E-state index is 14.4. The lowest BCUT2D eigenvalue weighted by Gasteiger charge is -2.41. The summed E-state index contributed by atoms with van der Waals surface area (Å²) in [4.78, 5) is 58.0. The van der Waals surface area contributed by atoms with Gasteiger partial charge < -0.3 is 26.5 Å². The molecule has 242 valence electrons. The van der Waals surface area contributed by atoms with Crippen molar-refractivity contribution in [1.82, 2.24) is 20.5 Å². The van der Waals surface area contributed by atoms with Gasteiger partial charge >= 0.3 is 6.09 Å². The van der Waals surface area contributed by atoms with Crippen molar-refractivity contribution >= 4 is 69.5 Å². The fourth-order valence-corrected chi connectivity index (χ4v) is 6.97. The molecule has 0 aliphatic heterocycles. The lowest BCUT2D eigenvalue weighted by molar-refractivity contribution is -0.139. The van der Waals surface area contributed by atoms with Crippen molar-refractivity contribution < 1.29 is 24.3 Å². The molecule has 1 unspecified atom stereocenters. The molecule has 0 saturated carbocycles. The Balaban J connectivity index is 1.79. The minimum atomic E-state index is -1.56. The number of carbonyl (C=O) groups is 4.